The third-order valence-corrected chi connectivity index (χ3v) is 6.14. The highest BCUT2D eigenvalue weighted by molar-refractivity contribution is 7.90. The van der Waals surface area contributed by atoms with Crippen molar-refractivity contribution in [2.24, 2.45) is 0 Å². The molecule has 0 aliphatic heterocycles. The van der Waals surface area contributed by atoms with Crippen molar-refractivity contribution in [3.8, 4) is 0 Å². The first-order chi connectivity index (χ1) is 12.7. The zero-order valence-corrected chi connectivity index (χ0v) is 17.0. The van der Waals surface area contributed by atoms with Gasteiger partial charge >= 0.3 is 10.2 Å². The summed E-state index contributed by atoms with van der Waals surface area (Å²) < 4.78 is 27.6. The van der Waals surface area contributed by atoms with E-state index in [-0.39, 0.29) is 18.4 Å². The van der Waals surface area contributed by atoms with E-state index in [4.69, 9.17) is 0 Å². The molecule has 0 spiro atoms. The van der Waals surface area contributed by atoms with Crippen molar-refractivity contribution in [2.45, 2.75) is 19.8 Å². The van der Waals surface area contributed by atoms with E-state index in [0.717, 1.165) is 19.7 Å². The number of aryl methyl sites for hydroxylation is 1. The third kappa shape index (κ3) is 5.55. The topological polar surface area (TPSA) is 69.7 Å². The fourth-order valence-corrected chi connectivity index (χ4v) is 3.63. The Hall–Kier alpha value is -2.38. The van der Waals surface area contributed by atoms with E-state index in [1.54, 1.807) is 12.1 Å². The SMILES string of the molecule is Cc1ccc(N(CC(=O)NC[C@H](C)c2ccccc2)S(=O)(=O)N(C)C)cc1. The Balaban J connectivity index is 2.10. The van der Waals surface area contributed by atoms with Gasteiger partial charge in [-0.2, -0.15) is 12.7 Å². The summed E-state index contributed by atoms with van der Waals surface area (Å²) in [5.74, 6) is -0.211. The molecule has 0 aromatic heterocycles. The molecule has 1 N–H and O–H groups in total. The molecule has 0 unspecified atom stereocenters. The standard InChI is InChI=1S/C20H27N3O3S/c1-16-10-12-19(13-11-16)23(27(25,26)22(3)4)15-20(24)21-14-17(2)18-8-6-5-7-9-18/h5-13,17H,14-15H2,1-4H3,(H,21,24)/t17-/m0/s1. The molecule has 7 heteroatoms. The van der Waals surface area contributed by atoms with Gasteiger partial charge in [-0.25, -0.2) is 4.31 Å². The van der Waals surface area contributed by atoms with Gasteiger partial charge in [-0.3, -0.25) is 4.79 Å². The van der Waals surface area contributed by atoms with Crippen molar-refractivity contribution in [3.63, 3.8) is 0 Å². The monoisotopic (exact) mass is 389 g/mol. The summed E-state index contributed by atoms with van der Waals surface area (Å²) in [6, 6.07) is 16.9. The van der Waals surface area contributed by atoms with Crippen LogP contribution in [0.15, 0.2) is 54.6 Å². The number of amides is 1. The average Bonchev–Trinajstić information content (AvgIpc) is 2.65. The second-order valence-electron chi connectivity index (χ2n) is 6.75. The van der Waals surface area contributed by atoms with Crippen LogP contribution in [0.2, 0.25) is 0 Å². The largest absolute Gasteiger partial charge is 0.354 e. The van der Waals surface area contributed by atoms with Gasteiger partial charge < -0.3 is 5.32 Å². The molecule has 0 aliphatic carbocycles. The van der Waals surface area contributed by atoms with Gasteiger partial charge in [-0.05, 0) is 30.5 Å². The minimum atomic E-state index is -3.78. The number of rotatable bonds is 8. The maximum absolute atomic E-state index is 12.7. The van der Waals surface area contributed by atoms with Gasteiger partial charge in [-0.15, -0.1) is 0 Å². The summed E-state index contributed by atoms with van der Waals surface area (Å²) in [6.07, 6.45) is 0. The van der Waals surface area contributed by atoms with Gasteiger partial charge in [0, 0.05) is 20.6 Å². The Labute approximate surface area is 162 Å². The van der Waals surface area contributed by atoms with Gasteiger partial charge in [0.2, 0.25) is 5.91 Å². The lowest BCUT2D eigenvalue weighted by molar-refractivity contribution is -0.119. The van der Waals surface area contributed by atoms with Crippen LogP contribution in [0.3, 0.4) is 0 Å². The number of benzene rings is 2. The molecule has 2 rings (SSSR count). The van der Waals surface area contributed by atoms with Crippen LogP contribution < -0.4 is 9.62 Å². The molecule has 2 aromatic carbocycles. The number of carbonyl (C=O) groups excluding carboxylic acids is 1. The van der Waals surface area contributed by atoms with E-state index in [1.807, 2.05) is 56.3 Å². The molecule has 0 bridgehead atoms. The van der Waals surface area contributed by atoms with Crippen molar-refractivity contribution in [1.82, 2.24) is 9.62 Å². The lowest BCUT2D eigenvalue weighted by Crippen LogP contribution is -2.46. The molecule has 0 aliphatic rings. The van der Waals surface area contributed by atoms with Crippen LogP contribution in [-0.4, -0.2) is 45.8 Å². The summed E-state index contributed by atoms with van der Waals surface area (Å²) >= 11 is 0. The van der Waals surface area contributed by atoms with Crippen molar-refractivity contribution in [1.29, 1.82) is 0 Å². The number of hydrogen-bond acceptors (Lipinski definition) is 3. The van der Waals surface area contributed by atoms with E-state index in [0.29, 0.717) is 12.2 Å². The smallest absolute Gasteiger partial charge is 0.304 e. The zero-order valence-electron chi connectivity index (χ0n) is 16.2. The lowest BCUT2D eigenvalue weighted by Gasteiger charge is -2.27. The minimum absolute atomic E-state index is 0.133. The van der Waals surface area contributed by atoms with Crippen LogP contribution in [0, 0.1) is 6.92 Å². The highest BCUT2D eigenvalue weighted by Gasteiger charge is 2.27. The van der Waals surface area contributed by atoms with Crippen LogP contribution in [0.4, 0.5) is 5.69 Å². The van der Waals surface area contributed by atoms with Crippen molar-refractivity contribution < 1.29 is 13.2 Å². The van der Waals surface area contributed by atoms with Gasteiger partial charge in [0.25, 0.3) is 0 Å². The number of nitrogens with one attached hydrogen (secondary N) is 1. The van der Waals surface area contributed by atoms with Gasteiger partial charge in [0.1, 0.15) is 6.54 Å². The molecule has 0 radical (unpaired) electrons. The van der Waals surface area contributed by atoms with E-state index < -0.39 is 10.2 Å². The molecule has 146 valence electrons. The Morgan fingerprint density at radius 1 is 1.04 bits per heavy atom. The summed E-state index contributed by atoms with van der Waals surface area (Å²) in [6.45, 7) is 4.11. The predicted molar refractivity (Wildman–Crippen MR) is 109 cm³/mol. The normalized spacial score (nSPS) is 12.6. The maximum atomic E-state index is 12.7. The van der Waals surface area contributed by atoms with Gasteiger partial charge in [0.05, 0.1) is 5.69 Å². The number of nitrogens with zero attached hydrogens (tertiary/aromatic N) is 2. The van der Waals surface area contributed by atoms with E-state index in [2.05, 4.69) is 5.32 Å². The average molecular weight is 390 g/mol. The first-order valence-corrected chi connectivity index (χ1v) is 10.2. The maximum Gasteiger partial charge on any atom is 0.304 e. The molecule has 6 nitrogen and oxygen atoms in total. The third-order valence-electron chi connectivity index (χ3n) is 4.32. The molecule has 0 fully saturated rings. The fraction of sp³-hybridized carbons (Fsp3) is 0.350. The summed E-state index contributed by atoms with van der Waals surface area (Å²) in [7, 11) is -0.884. The Bertz CT molecular complexity index is 850. The quantitative estimate of drug-likeness (QED) is 0.754. The first kappa shape index (κ1) is 20.9. The molecule has 0 saturated carbocycles. The molecule has 27 heavy (non-hydrogen) atoms. The van der Waals surface area contributed by atoms with Crippen LogP contribution in [0.1, 0.15) is 24.0 Å². The lowest BCUT2D eigenvalue weighted by atomic mass is 10.0. The fourth-order valence-electron chi connectivity index (χ4n) is 2.57. The highest BCUT2D eigenvalue weighted by atomic mass is 32.2. The Morgan fingerprint density at radius 3 is 2.19 bits per heavy atom. The first-order valence-electron chi connectivity index (χ1n) is 8.80. The Morgan fingerprint density at radius 2 is 1.63 bits per heavy atom. The number of anilines is 1. The van der Waals surface area contributed by atoms with E-state index >= 15 is 0 Å². The highest BCUT2D eigenvalue weighted by Crippen LogP contribution is 2.20. The molecule has 2 aromatic rings. The van der Waals surface area contributed by atoms with Crippen LogP contribution >= 0.6 is 0 Å². The van der Waals surface area contributed by atoms with Crippen molar-refractivity contribution in [3.05, 3.63) is 65.7 Å². The molecular formula is C20H27N3O3S. The molecule has 0 heterocycles. The number of hydrogen-bond donors (Lipinski definition) is 1. The molecular weight excluding hydrogens is 362 g/mol. The van der Waals surface area contributed by atoms with Crippen molar-refractivity contribution >= 4 is 21.8 Å². The number of carbonyl (C=O) groups is 1. The second kappa shape index (κ2) is 9.01. The van der Waals surface area contributed by atoms with Crippen LogP contribution in [-0.2, 0) is 15.0 Å². The van der Waals surface area contributed by atoms with Crippen molar-refractivity contribution in [2.75, 3.05) is 31.5 Å². The molecule has 0 saturated heterocycles. The van der Waals surface area contributed by atoms with Gasteiger partial charge in [0.15, 0.2) is 0 Å². The minimum Gasteiger partial charge on any atom is -0.354 e. The second-order valence-corrected chi connectivity index (χ2v) is 8.81. The van der Waals surface area contributed by atoms with E-state index in [9.17, 15) is 13.2 Å². The summed E-state index contributed by atoms with van der Waals surface area (Å²) in [4.78, 5) is 12.5. The summed E-state index contributed by atoms with van der Waals surface area (Å²) in [5, 5.41) is 2.84. The summed E-state index contributed by atoms with van der Waals surface area (Å²) in [5.41, 5.74) is 2.59. The van der Waals surface area contributed by atoms with Gasteiger partial charge in [-0.1, -0.05) is 55.0 Å². The molecule has 1 atom stereocenters. The van der Waals surface area contributed by atoms with E-state index in [1.165, 1.54) is 14.1 Å². The predicted octanol–water partition coefficient (Wildman–Crippen LogP) is 2.53. The Kier molecular flexibility index (Phi) is 6.98. The molecule has 1 amide bonds. The van der Waals surface area contributed by atoms with Crippen LogP contribution in [0.5, 0.6) is 0 Å². The zero-order chi connectivity index (χ0) is 20.0. The van der Waals surface area contributed by atoms with Crippen LogP contribution in [0.25, 0.3) is 0 Å².